The summed E-state index contributed by atoms with van der Waals surface area (Å²) in [6.45, 7) is 7.10. The average Bonchev–Trinajstić information content (AvgIpc) is 2.99. The van der Waals surface area contributed by atoms with Crippen LogP contribution >= 0.6 is 22.9 Å². The zero-order valence-corrected chi connectivity index (χ0v) is 17.2. The van der Waals surface area contributed by atoms with Gasteiger partial charge in [-0.1, -0.05) is 25.4 Å². The lowest BCUT2D eigenvalue weighted by molar-refractivity contribution is 0.108. The third-order valence-corrected chi connectivity index (χ3v) is 6.14. The Bertz CT molecular complexity index is 632. The summed E-state index contributed by atoms with van der Waals surface area (Å²) in [6.07, 6.45) is 0.874. The minimum absolute atomic E-state index is 0.210. The number of rotatable bonds is 11. The molecule has 0 aliphatic rings. The van der Waals surface area contributed by atoms with Gasteiger partial charge in [0.1, 0.15) is 4.21 Å². The van der Waals surface area contributed by atoms with Crippen LogP contribution in [0.4, 0.5) is 0 Å². The highest BCUT2D eigenvalue weighted by atomic mass is 35.5. The van der Waals surface area contributed by atoms with Gasteiger partial charge < -0.3 is 15.4 Å². The number of thiophene rings is 1. The number of hydrogen-bond donors (Lipinski definition) is 3. The Balaban J connectivity index is 2.18. The van der Waals surface area contributed by atoms with Crippen molar-refractivity contribution >= 4 is 38.9 Å². The maximum absolute atomic E-state index is 12.0. The van der Waals surface area contributed by atoms with Crippen molar-refractivity contribution in [3.63, 3.8) is 0 Å². The predicted molar refractivity (Wildman–Crippen MR) is 104 cm³/mol. The van der Waals surface area contributed by atoms with E-state index in [4.69, 9.17) is 16.3 Å². The van der Waals surface area contributed by atoms with Crippen molar-refractivity contribution in [1.82, 2.24) is 15.4 Å². The molecule has 0 bridgehead atoms. The molecule has 1 aromatic heterocycles. The van der Waals surface area contributed by atoms with Gasteiger partial charge in [0.05, 0.1) is 4.34 Å². The van der Waals surface area contributed by atoms with Crippen LogP contribution in [0.1, 0.15) is 20.3 Å². The number of nitrogens with one attached hydrogen (secondary N) is 3. The fourth-order valence-corrected chi connectivity index (χ4v) is 4.36. The van der Waals surface area contributed by atoms with E-state index < -0.39 is 10.0 Å². The third-order valence-electron chi connectivity index (χ3n) is 2.96. The number of hydrogen-bond acceptors (Lipinski definition) is 5. The van der Waals surface area contributed by atoms with Gasteiger partial charge in [-0.2, -0.15) is 0 Å². The van der Waals surface area contributed by atoms with E-state index in [9.17, 15) is 8.42 Å². The lowest BCUT2D eigenvalue weighted by atomic mass is 10.2. The summed E-state index contributed by atoms with van der Waals surface area (Å²) in [4.78, 5) is 4.09. The minimum Gasteiger partial charge on any atom is -0.381 e. The molecule has 1 heterocycles. The molecule has 0 aliphatic carbocycles. The molecule has 0 amide bonds. The van der Waals surface area contributed by atoms with E-state index in [-0.39, 0.29) is 10.8 Å². The molecule has 144 valence electrons. The number of aliphatic imine (C=N–C) groups is 1. The number of ether oxygens (including phenoxy) is 1. The average molecular weight is 411 g/mol. The third kappa shape index (κ3) is 9.41. The summed E-state index contributed by atoms with van der Waals surface area (Å²) in [5.41, 5.74) is 0. The van der Waals surface area contributed by atoms with E-state index in [0.717, 1.165) is 30.9 Å². The second-order valence-corrected chi connectivity index (χ2v) is 9.41. The molecule has 0 fully saturated rings. The number of nitrogens with zero attached hydrogens (tertiary/aromatic N) is 1. The van der Waals surface area contributed by atoms with Crippen molar-refractivity contribution in [1.29, 1.82) is 0 Å². The Morgan fingerprint density at radius 1 is 1.28 bits per heavy atom. The standard InChI is InChI=1S/C15H27ClN4O3S2/c1-12(2)11-23-10-4-7-18-15(17-3)19-8-9-20-25(21,22)14-6-5-13(16)24-14/h5-6,12,20H,4,7-11H2,1-3H3,(H2,17,18,19). The molecule has 3 N–H and O–H groups in total. The fourth-order valence-electron chi connectivity index (χ4n) is 1.80. The predicted octanol–water partition coefficient (Wildman–Crippen LogP) is 1.91. The molecule has 0 saturated heterocycles. The van der Waals surface area contributed by atoms with Crippen molar-refractivity contribution in [2.24, 2.45) is 10.9 Å². The fraction of sp³-hybridized carbons (Fsp3) is 0.667. The molecule has 1 rings (SSSR count). The van der Waals surface area contributed by atoms with Crippen LogP contribution < -0.4 is 15.4 Å². The van der Waals surface area contributed by atoms with Gasteiger partial charge in [-0.05, 0) is 24.5 Å². The first-order valence-electron chi connectivity index (χ1n) is 8.12. The summed E-state index contributed by atoms with van der Waals surface area (Å²) >= 11 is 6.79. The van der Waals surface area contributed by atoms with Gasteiger partial charge in [-0.3, -0.25) is 4.99 Å². The summed E-state index contributed by atoms with van der Waals surface area (Å²) in [5.74, 6) is 1.17. The van der Waals surface area contributed by atoms with Crippen molar-refractivity contribution in [3.8, 4) is 0 Å². The summed E-state index contributed by atoms with van der Waals surface area (Å²) in [5, 5.41) is 6.21. The molecule has 0 spiro atoms. The molecular formula is C15H27ClN4O3S2. The van der Waals surface area contributed by atoms with Crippen LogP contribution in [0.3, 0.4) is 0 Å². The highest BCUT2D eigenvalue weighted by Crippen LogP contribution is 2.24. The number of sulfonamides is 1. The molecule has 25 heavy (non-hydrogen) atoms. The molecule has 0 saturated carbocycles. The van der Waals surface area contributed by atoms with Crippen LogP contribution in [0, 0.1) is 5.92 Å². The maximum Gasteiger partial charge on any atom is 0.250 e. The molecule has 0 radical (unpaired) electrons. The lowest BCUT2D eigenvalue weighted by Gasteiger charge is -2.12. The molecule has 0 aromatic carbocycles. The Hall–Kier alpha value is -0.870. The SMILES string of the molecule is CN=C(NCCCOCC(C)C)NCCNS(=O)(=O)c1ccc(Cl)s1. The van der Waals surface area contributed by atoms with Crippen LogP contribution in [-0.4, -0.2) is 54.3 Å². The van der Waals surface area contributed by atoms with Gasteiger partial charge in [0.25, 0.3) is 0 Å². The first kappa shape index (κ1) is 22.2. The zero-order valence-electron chi connectivity index (χ0n) is 14.8. The molecule has 7 nitrogen and oxygen atoms in total. The van der Waals surface area contributed by atoms with Crippen molar-refractivity contribution in [3.05, 3.63) is 16.5 Å². The Kier molecular flexibility index (Phi) is 10.4. The van der Waals surface area contributed by atoms with Gasteiger partial charge in [0.2, 0.25) is 10.0 Å². The van der Waals surface area contributed by atoms with Crippen molar-refractivity contribution in [2.45, 2.75) is 24.5 Å². The summed E-state index contributed by atoms with van der Waals surface area (Å²) in [6, 6.07) is 3.06. The van der Waals surface area contributed by atoms with Gasteiger partial charge in [0.15, 0.2) is 5.96 Å². The molecule has 0 atom stereocenters. The van der Waals surface area contributed by atoms with Crippen LogP contribution in [0.25, 0.3) is 0 Å². The Morgan fingerprint density at radius 2 is 2.00 bits per heavy atom. The van der Waals surface area contributed by atoms with Gasteiger partial charge in [0, 0.05) is 39.9 Å². The highest BCUT2D eigenvalue weighted by molar-refractivity contribution is 7.91. The van der Waals surface area contributed by atoms with Gasteiger partial charge in [-0.25, -0.2) is 13.1 Å². The van der Waals surface area contributed by atoms with E-state index in [1.54, 1.807) is 13.1 Å². The molecule has 0 unspecified atom stereocenters. The topological polar surface area (TPSA) is 91.8 Å². The Labute approximate surface area is 159 Å². The summed E-state index contributed by atoms with van der Waals surface area (Å²) < 4.78 is 32.7. The second-order valence-electron chi connectivity index (χ2n) is 5.70. The van der Waals surface area contributed by atoms with Crippen LogP contribution in [-0.2, 0) is 14.8 Å². The van der Waals surface area contributed by atoms with Gasteiger partial charge in [-0.15, -0.1) is 11.3 Å². The highest BCUT2D eigenvalue weighted by Gasteiger charge is 2.15. The molecule has 0 aliphatic heterocycles. The molecular weight excluding hydrogens is 384 g/mol. The zero-order chi connectivity index (χ0) is 18.7. The number of halogens is 1. The van der Waals surface area contributed by atoms with Crippen molar-refractivity contribution in [2.75, 3.05) is 39.9 Å². The number of guanidine groups is 1. The van der Waals surface area contributed by atoms with E-state index in [1.807, 2.05) is 0 Å². The second kappa shape index (κ2) is 11.7. The smallest absolute Gasteiger partial charge is 0.250 e. The normalized spacial score (nSPS) is 12.6. The summed E-state index contributed by atoms with van der Waals surface area (Å²) in [7, 11) is -1.84. The van der Waals surface area contributed by atoms with E-state index in [0.29, 0.717) is 29.4 Å². The van der Waals surface area contributed by atoms with E-state index in [1.165, 1.54) is 6.07 Å². The first-order valence-corrected chi connectivity index (χ1v) is 10.8. The largest absolute Gasteiger partial charge is 0.381 e. The van der Waals surface area contributed by atoms with Crippen LogP contribution in [0.15, 0.2) is 21.3 Å². The van der Waals surface area contributed by atoms with Gasteiger partial charge >= 0.3 is 0 Å². The first-order chi connectivity index (χ1) is 11.8. The minimum atomic E-state index is -3.51. The quantitative estimate of drug-likeness (QED) is 0.294. The Morgan fingerprint density at radius 3 is 2.60 bits per heavy atom. The van der Waals surface area contributed by atoms with Crippen LogP contribution in [0.2, 0.25) is 4.34 Å². The molecule has 1 aromatic rings. The monoisotopic (exact) mass is 410 g/mol. The lowest BCUT2D eigenvalue weighted by Crippen LogP contribution is -2.41. The van der Waals surface area contributed by atoms with Crippen molar-refractivity contribution < 1.29 is 13.2 Å². The van der Waals surface area contributed by atoms with E-state index in [2.05, 4.69) is 34.2 Å². The van der Waals surface area contributed by atoms with Crippen LogP contribution in [0.5, 0.6) is 0 Å². The van der Waals surface area contributed by atoms with E-state index >= 15 is 0 Å². The molecule has 10 heteroatoms. The maximum atomic E-state index is 12.0.